The van der Waals surface area contributed by atoms with E-state index in [0.717, 1.165) is 32.4 Å². The van der Waals surface area contributed by atoms with Gasteiger partial charge in [0.2, 0.25) is 0 Å². The molecule has 78 valence electrons. The van der Waals surface area contributed by atoms with Crippen molar-refractivity contribution in [1.82, 2.24) is 5.32 Å². The van der Waals surface area contributed by atoms with E-state index >= 15 is 0 Å². The van der Waals surface area contributed by atoms with Gasteiger partial charge in [-0.15, -0.1) is 0 Å². The Labute approximate surface area is 81.7 Å². The number of piperidine rings is 1. The van der Waals surface area contributed by atoms with Crippen molar-refractivity contribution < 1.29 is 5.11 Å². The molecule has 0 aromatic rings. The van der Waals surface area contributed by atoms with Gasteiger partial charge in [-0.3, -0.25) is 0 Å². The highest BCUT2D eigenvalue weighted by atomic mass is 16.3. The predicted octanol–water partition coefficient (Wildman–Crippen LogP) is 2.07. The first-order valence-electron chi connectivity index (χ1n) is 5.70. The molecule has 0 bridgehead atoms. The van der Waals surface area contributed by atoms with Gasteiger partial charge < -0.3 is 10.4 Å². The van der Waals surface area contributed by atoms with Gasteiger partial charge in [0.15, 0.2) is 0 Å². The monoisotopic (exact) mass is 185 g/mol. The number of rotatable bonds is 5. The zero-order valence-electron chi connectivity index (χ0n) is 8.81. The molecular formula is C11H23NO. The lowest BCUT2D eigenvalue weighted by molar-refractivity contribution is 0.00634. The highest BCUT2D eigenvalue weighted by Crippen LogP contribution is 2.22. The van der Waals surface area contributed by atoms with E-state index in [-0.39, 0.29) is 5.60 Å². The number of hydrogen-bond donors (Lipinski definition) is 2. The fraction of sp³-hybridized carbons (Fsp3) is 1.00. The second-order valence-corrected chi connectivity index (χ2v) is 4.32. The van der Waals surface area contributed by atoms with E-state index in [1.54, 1.807) is 0 Å². The molecule has 2 nitrogen and oxygen atoms in total. The summed E-state index contributed by atoms with van der Waals surface area (Å²) in [6.07, 6.45) is 8.15. The Hall–Kier alpha value is -0.0800. The second kappa shape index (κ2) is 5.61. The van der Waals surface area contributed by atoms with Crippen LogP contribution in [0.4, 0.5) is 0 Å². The lowest BCUT2D eigenvalue weighted by Crippen LogP contribution is -2.45. The molecule has 2 N–H and O–H groups in total. The van der Waals surface area contributed by atoms with Crippen molar-refractivity contribution in [3.05, 3.63) is 0 Å². The van der Waals surface area contributed by atoms with E-state index in [4.69, 9.17) is 0 Å². The molecule has 1 atom stereocenters. The fourth-order valence-corrected chi connectivity index (χ4v) is 2.05. The predicted molar refractivity (Wildman–Crippen MR) is 55.8 cm³/mol. The minimum atomic E-state index is -0.383. The van der Waals surface area contributed by atoms with Crippen LogP contribution < -0.4 is 5.32 Å². The van der Waals surface area contributed by atoms with Crippen LogP contribution in [-0.4, -0.2) is 23.8 Å². The van der Waals surface area contributed by atoms with Gasteiger partial charge >= 0.3 is 0 Å². The molecule has 1 aliphatic rings. The van der Waals surface area contributed by atoms with Gasteiger partial charge in [-0.1, -0.05) is 32.6 Å². The summed E-state index contributed by atoms with van der Waals surface area (Å²) in [7, 11) is 0. The SMILES string of the molecule is CCCCCCC1(O)CCCNC1. The molecule has 1 aliphatic heterocycles. The first-order chi connectivity index (χ1) is 6.27. The van der Waals surface area contributed by atoms with Crippen LogP contribution in [0.1, 0.15) is 51.9 Å². The molecule has 0 saturated carbocycles. The molecule has 0 amide bonds. The topological polar surface area (TPSA) is 32.3 Å². The summed E-state index contributed by atoms with van der Waals surface area (Å²) in [6.45, 7) is 4.10. The number of unbranched alkanes of at least 4 members (excludes halogenated alkanes) is 3. The first-order valence-corrected chi connectivity index (χ1v) is 5.70. The van der Waals surface area contributed by atoms with Crippen LogP contribution in [0.15, 0.2) is 0 Å². The van der Waals surface area contributed by atoms with Crippen LogP contribution in [-0.2, 0) is 0 Å². The number of β-amino-alcohol motifs (C(OH)–C–C–N with tert-alkyl or cyclic N) is 1. The lowest BCUT2D eigenvalue weighted by atomic mass is 9.88. The summed E-state index contributed by atoms with van der Waals surface area (Å²) in [5.41, 5.74) is -0.383. The van der Waals surface area contributed by atoms with E-state index in [2.05, 4.69) is 12.2 Å². The van der Waals surface area contributed by atoms with Crippen LogP contribution in [0.3, 0.4) is 0 Å². The minimum Gasteiger partial charge on any atom is -0.389 e. The van der Waals surface area contributed by atoms with E-state index in [9.17, 15) is 5.11 Å². The van der Waals surface area contributed by atoms with Crippen molar-refractivity contribution in [1.29, 1.82) is 0 Å². The number of nitrogens with one attached hydrogen (secondary N) is 1. The Balaban J connectivity index is 2.10. The standard InChI is InChI=1S/C11H23NO/c1-2-3-4-5-7-11(13)8-6-9-12-10-11/h12-13H,2-10H2,1H3. The summed E-state index contributed by atoms with van der Waals surface area (Å²) in [6, 6.07) is 0. The van der Waals surface area contributed by atoms with Gasteiger partial charge in [-0.05, 0) is 25.8 Å². The van der Waals surface area contributed by atoms with E-state index in [1.165, 1.54) is 25.7 Å². The molecule has 1 fully saturated rings. The summed E-state index contributed by atoms with van der Waals surface area (Å²) < 4.78 is 0. The maximum absolute atomic E-state index is 10.1. The zero-order valence-corrected chi connectivity index (χ0v) is 8.81. The van der Waals surface area contributed by atoms with Crippen LogP contribution in [0.5, 0.6) is 0 Å². The Kier molecular flexibility index (Phi) is 4.74. The largest absolute Gasteiger partial charge is 0.389 e. The second-order valence-electron chi connectivity index (χ2n) is 4.32. The quantitative estimate of drug-likeness (QED) is 0.643. The average Bonchev–Trinajstić information content (AvgIpc) is 2.14. The molecular weight excluding hydrogens is 162 g/mol. The molecule has 1 heterocycles. The smallest absolute Gasteiger partial charge is 0.0772 e. The van der Waals surface area contributed by atoms with Crippen molar-refractivity contribution in [2.45, 2.75) is 57.5 Å². The molecule has 0 aromatic heterocycles. The molecule has 0 radical (unpaired) electrons. The van der Waals surface area contributed by atoms with Gasteiger partial charge in [0, 0.05) is 6.54 Å². The number of hydrogen-bond acceptors (Lipinski definition) is 2. The average molecular weight is 185 g/mol. The molecule has 1 rings (SSSR count). The van der Waals surface area contributed by atoms with Crippen molar-refractivity contribution >= 4 is 0 Å². The summed E-state index contributed by atoms with van der Waals surface area (Å²) in [4.78, 5) is 0. The van der Waals surface area contributed by atoms with Gasteiger partial charge in [0.25, 0.3) is 0 Å². The van der Waals surface area contributed by atoms with Crippen molar-refractivity contribution in [2.75, 3.05) is 13.1 Å². The highest BCUT2D eigenvalue weighted by Gasteiger charge is 2.27. The van der Waals surface area contributed by atoms with Crippen LogP contribution in [0, 0.1) is 0 Å². The summed E-state index contributed by atoms with van der Waals surface area (Å²) in [5, 5.41) is 13.4. The van der Waals surface area contributed by atoms with Crippen LogP contribution in [0.25, 0.3) is 0 Å². The maximum Gasteiger partial charge on any atom is 0.0772 e. The molecule has 13 heavy (non-hydrogen) atoms. The molecule has 1 saturated heterocycles. The Morgan fingerprint density at radius 1 is 1.31 bits per heavy atom. The molecule has 0 aliphatic carbocycles. The maximum atomic E-state index is 10.1. The third kappa shape index (κ3) is 4.10. The lowest BCUT2D eigenvalue weighted by Gasteiger charge is -2.32. The van der Waals surface area contributed by atoms with Gasteiger partial charge in [-0.25, -0.2) is 0 Å². The van der Waals surface area contributed by atoms with Crippen LogP contribution >= 0.6 is 0 Å². The van der Waals surface area contributed by atoms with Gasteiger partial charge in [-0.2, -0.15) is 0 Å². The van der Waals surface area contributed by atoms with Crippen molar-refractivity contribution in [3.8, 4) is 0 Å². The fourth-order valence-electron chi connectivity index (χ4n) is 2.05. The van der Waals surface area contributed by atoms with Crippen LogP contribution in [0.2, 0.25) is 0 Å². The minimum absolute atomic E-state index is 0.383. The molecule has 2 heteroatoms. The van der Waals surface area contributed by atoms with E-state index in [0.29, 0.717) is 0 Å². The first kappa shape index (κ1) is 11.0. The zero-order chi connectivity index (χ0) is 9.57. The number of aliphatic hydroxyl groups is 1. The molecule has 0 aromatic carbocycles. The Morgan fingerprint density at radius 3 is 2.77 bits per heavy atom. The molecule has 0 spiro atoms. The van der Waals surface area contributed by atoms with Gasteiger partial charge in [0.05, 0.1) is 5.60 Å². The Bertz CT molecular complexity index is 130. The normalized spacial score (nSPS) is 29.1. The van der Waals surface area contributed by atoms with E-state index in [1.807, 2.05) is 0 Å². The molecule has 1 unspecified atom stereocenters. The third-order valence-corrected chi connectivity index (χ3v) is 2.95. The van der Waals surface area contributed by atoms with Gasteiger partial charge in [0.1, 0.15) is 0 Å². The van der Waals surface area contributed by atoms with Crippen molar-refractivity contribution in [2.24, 2.45) is 0 Å². The summed E-state index contributed by atoms with van der Waals surface area (Å²) in [5.74, 6) is 0. The Morgan fingerprint density at radius 2 is 2.15 bits per heavy atom. The highest BCUT2D eigenvalue weighted by molar-refractivity contribution is 4.84. The van der Waals surface area contributed by atoms with E-state index < -0.39 is 0 Å². The third-order valence-electron chi connectivity index (χ3n) is 2.95. The summed E-state index contributed by atoms with van der Waals surface area (Å²) >= 11 is 0. The van der Waals surface area contributed by atoms with Crippen molar-refractivity contribution in [3.63, 3.8) is 0 Å².